The van der Waals surface area contributed by atoms with E-state index < -0.39 is 11.7 Å². The predicted molar refractivity (Wildman–Crippen MR) is 112 cm³/mol. The van der Waals surface area contributed by atoms with Gasteiger partial charge in [-0.2, -0.15) is 4.68 Å². The number of alkyl halides is 1. The first-order valence-electron chi connectivity index (χ1n) is 8.95. The van der Waals surface area contributed by atoms with E-state index in [-0.39, 0.29) is 28.5 Å². The van der Waals surface area contributed by atoms with Gasteiger partial charge < -0.3 is 4.42 Å². The number of ketones is 1. The Morgan fingerprint density at radius 2 is 1.90 bits per heavy atom. The lowest BCUT2D eigenvalue weighted by Crippen LogP contribution is -2.18. The summed E-state index contributed by atoms with van der Waals surface area (Å²) >= 11 is 5.89. The minimum absolute atomic E-state index is 0.00443. The SMILES string of the molecule is O=C(c1ccccc1)c1ccc2cc(/C(CCl)=N/OC(=O)n3ccnn3)c(=O)oc2c1. The molecular weight excluding hydrogens is 424 g/mol. The zero-order chi connectivity index (χ0) is 21.8. The van der Waals surface area contributed by atoms with Crippen molar-refractivity contribution in [1.82, 2.24) is 15.0 Å². The zero-order valence-corrected chi connectivity index (χ0v) is 16.5. The maximum absolute atomic E-state index is 12.6. The lowest BCUT2D eigenvalue weighted by Gasteiger charge is -2.05. The van der Waals surface area contributed by atoms with Gasteiger partial charge in [0.05, 0.1) is 23.8 Å². The quantitative estimate of drug-likeness (QED) is 0.118. The van der Waals surface area contributed by atoms with Gasteiger partial charge in [0.25, 0.3) is 0 Å². The Kier molecular flexibility index (Phi) is 5.67. The van der Waals surface area contributed by atoms with Gasteiger partial charge in [-0.05, 0) is 12.1 Å². The molecule has 4 rings (SSSR count). The van der Waals surface area contributed by atoms with Crippen molar-refractivity contribution in [3.63, 3.8) is 0 Å². The summed E-state index contributed by atoms with van der Waals surface area (Å²) in [6.07, 6.45) is 1.65. The Balaban J connectivity index is 1.65. The van der Waals surface area contributed by atoms with Gasteiger partial charge in [-0.1, -0.05) is 52.8 Å². The third kappa shape index (κ3) is 4.26. The fourth-order valence-corrected chi connectivity index (χ4v) is 2.99. The van der Waals surface area contributed by atoms with E-state index >= 15 is 0 Å². The topological polar surface area (TPSA) is 117 Å². The molecule has 0 aliphatic heterocycles. The average molecular weight is 437 g/mol. The van der Waals surface area contributed by atoms with E-state index in [2.05, 4.69) is 15.5 Å². The molecule has 0 aliphatic carbocycles. The van der Waals surface area contributed by atoms with E-state index in [0.29, 0.717) is 16.5 Å². The first kappa shape index (κ1) is 20.2. The van der Waals surface area contributed by atoms with Crippen LogP contribution in [0.1, 0.15) is 21.5 Å². The number of benzene rings is 2. The number of carbonyl (C=O) groups is 2. The van der Waals surface area contributed by atoms with Gasteiger partial charge >= 0.3 is 11.7 Å². The van der Waals surface area contributed by atoms with Crippen molar-refractivity contribution in [1.29, 1.82) is 0 Å². The third-order valence-corrected chi connectivity index (χ3v) is 4.57. The van der Waals surface area contributed by atoms with Gasteiger partial charge in [0.2, 0.25) is 0 Å². The molecule has 0 atom stereocenters. The Morgan fingerprint density at radius 1 is 1.10 bits per heavy atom. The second-order valence-corrected chi connectivity index (χ2v) is 6.54. The summed E-state index contributed by atoms with van der Waals surface area (Å²) in [5, 5.41) is 11.2. The first-order chi connectivity index (χ1) is 15.1. The highest BCUT2D eigenvalue weighted by molar-refractivity contribution is 6.31. The molecule has 0 saturated heterocycles. The van der Waals surface area contributed by atoms with Crippen molar-refractivity contribution < 1.29 is 18.8 Å². The molecule has 10 heteroatoms. The molecule has 9 nitrogen and oxygen atoms in total. The Morgan fingerprint density at radius 3 is 2.61 bits per heavy atom. The summed E-state index contributed by atoms with van der Waals surface area (Å²) < 4.78 is 6.19. The molecule has 0 fully saturated rings. The van der Waals surface area contributed by atoms with Gasteiger partial charge in [-0.25, -0.2) is 9.59 Å². The molecule has 0 bridgehead atoms. The van der Waals surface area contributed by atoms with Crippen LogP contribution < -0.4 is 5.63 Å². The highest BCUT2D eigenvalue weighted by Gasteiger charge is 2.16. The van der Waals surface area contributed by atoms with E-state index in [9.17, 15) is 14.4 Å². The molecule has 0 amide bonds. The number of oxime groups is 1. The second kappa shape index (κ2) is 8.72. The highest BCUT2D eigenvalue weighted by atomic mass is 35.5. The number of aromatic nitrogens is 3. The summed E-state index contributed by atoms with van der Waals surface area (Å²) in [5.41, 5.74) is 0.400. The molecule has 0 N–H and O–H groups in total. The van der Waals surface area contributed by atoms with Crippen LogP contribution in [0.4, 0.5) is 4.79 Å². The smallest absolute Gasteiger partial charge is 0.422 e. The van der Waals surface area contributed by atoms with E-state index in [1.807, 2.05) is 6.07 Å². The Hall–Kier alpha value is -4.11. The molecule has 0 radical (unpaired) electrons. The summed E-state index contributed by atoms with van der Waals surface area (Å²) in [6, 6.07) is 15.0. The monoisotopic (exact) mass is 436 g/mol. The average Bonchev–Trinajstić information content (AvgIpc) is 3.34. The number of hydrogen-bond donors (Lipinski definition) is 0. The van der Waals surface area contributed by atoms with E-state index in [4.69, 9.17) is 20.9 Å². The number of carbonyl (C=O) groups excluding carboxylic acids is 2. The van der Waals surface area contributed by atoms with Gasteiger partial charge in [-0.15, -0.1) is 16.7 Å². The minimum atomic E-state index is -0.922. The highest BCUT2D eigenvalue weighted by Crippen LogP contribution is 2.19. The lowest BCUT2D eigenvalue weighted by atomic mass is 10.0. The number of fused-ring (bicyclic) bond motifs is 1. The van der Waals surface area contributed by atoms with Crippen LogP contribution in [0, 0.1) is 0 Å². The molecule has 2 heterocycles. The normalized spacial score (nSPS) is 11.5. The molecule has 31 heavy (non-hydrogen) atoms. The Bertz CT molecular complexity index is 1350. The van der Waals surface area contributed by atoms with Gasteiger partial charge in [0.15, 0.2) is 5.78 Å². The van der Waals surface area contributed by atoms with Crippen LogP contribution >= 0.6 is 11.6 Å². The molecule has 154 valence electrons. The van der Waals surface area contributed by atoms with Gasteiger partial charge in [-0.3, -0.25) is 9.63 Å². The van der Waals surface area contributed by atoms with Crippen molar-refractivity contribution in [2.24, 2.45) is 5.16 Å². The van der Waals surface area contributed by atoms with Crippen LogP contribution in [0.25, 0.3) is 11.0 Å². The van der Waals surface area contributed by atoms with Crippen LogP contribution in [-0.2, 0) is 4.84 Å². The minimum Gasteiger partial charge on any atom is -0.422 e. The number of nitrogens with zero attached hydrogens (tertiary/aromatic N) is 4. The largest absolute Gasteiger partial charge is 0.462 e. The maximum atomic E-state index is 12.6. The van der Waals surface area contributed by atoms with Crippen LogP contribution in [0.5, 0.6) is 0 Å². The fraction of sp³-hybridized carbons (Fsp3) is 0.0476. The number of rotatable bonds is 5. The van der Waals surface area contributed by atoms with Crippen molar-refractivity contribution in [2.75, 3.05) is 5.88 Å². The maximum Gasteiger partial charge on any atom is 0.462 e. The molecule has 0 aliphatic rings. The Labute approximate surface area is 179 Å². The third-order valence-electron chi connectivity index (χ3n) is 4.32. The van der Waals surface area contributed by atoms with Crippen molar-refractivity contribution in [3.05, 3.63) is 94.1 Å². The van der Waals surface area contributed by atoms with E-state index in [1.54, 1.807) is 36.4 Å². The standard InChI is InChI=1S/C21H13ClN4O5/c22-12-17(24-31-21(29)26-9-8-23-25-26)16-10-14-6-7-15(11-18(14)30-20(16)28)19(27)13-4-2-1-3-5-13/h1-11H,12H2/b24-17+. The first-order valence-corrected chi connectivity index (χ1v) is 9.49. The van der Waals surface area contributed by atoms with Crippen molar-refractivity contribution in [3.8, 4) is 0 Å². The molecule has 4 aromatic rings. The van der Waals surface area contributed by atoms with E-state index in [1.165, 1.54) is 24.5 Å². The lowest BCUT2D eigenvalue weighted by molar-refractivity contribution is 0.103. The van der Waals surface area contributed by atoms with Crippen LogP contribution in [0.2, 0.25) is 0 Å². The second-order valence-electron chi connectivity index (χ2n) is 6.27. The summed E-state index contributed by atoms with van der Waals surface area (Å²) in [5.74, 6) is -0.414. The molecule has 0 saturated carbocycles. The van der Waals surface area contributed by atoms with Crippen molar-refractivity contribution >= 4 is 40.2 Å². The van der Waals surface area contributed by atoms with Crippen molar-refractivity contribution in [2.45, 2.75) is 0 Å². The van der Waals surface area contributed by atoms with Gasteiger partial charge in [0, 0.05) is 16.5 Å². The number of hydrogen-bond acceptors (Lipinski definition) is 8. The zero-order valence-electron chi connectivity index (χ0n) is 15.8. The van der Waals surface area contributed by atoms with Gasteiger partial charge in [0.1, 0.15) is 11.3 Å². The summed E-state index contributed by atoms with van der Waals surface area (Å²) in [4.78, 5) is 41.7. The molecular formula is C21H13ClN4O5. The fourth-order valence-electron chi connectivity index (χ4n) is 2.80. The molecule has 0 unspecified atom stereocenters. The van der Waals surface area contributed by atoms with E-state index in [0.717, 1.165) is 4.68 Å². The molecule has 2 aromatic heterocycles. The number of halogens is 1. The predicted octanol–water partition coefficient (Wildman–Crippen LogP) is 3.24. The van der Waals surface area contributed by atoms with Crippen LogP contribution in [-0.4, -0.2) is 38.5 Å². The summed E-state index contributed by atoms with van der Waals surface area (Å²) in [7, 11) is 0. The summed E-state index contributed by atoms with van der Waals surface area (Å²) in [6.45, 7) is 0. The van der Waals surface area contributed by atoms with Crippen LogP contribution in [0.3, 0.4) is 0 Å². The molecule has 0 spiro atoms. The molecule has 2 aromatic carbocycles. The van der Waals surface area contributed by atoms with Crippen LogP contribution in [0.15, 0.2) is 81.4 Å².